The first-order valence-electron chi connectivity index (χ1n) is 12.8. The molecule has 0 saturated heterocycles. The zero-order valence-corrected chi connectivity index (χ0v) is 22.9. The van der Waals surface area contributed by atoms with E-state index in [1.54, 1.807) is 66.7 Å². The number of benzene rings is 3. The second kappa shape index (κ2) is 12.9. The minimum atomic E-state index is -0.448. The topological polar surface area (TPSA) is 106 Å². The van der Waals surface area contributed by atoms with Crippen molar-refractivity contribution in [2.24, 2.45) is 10.7 Å². The first-order chi connectivity index (χ1) is 19.4. The van der Waals surface area contributed by atoms with Crippen molar-refractivity contribution in [3.05, 3.63) is 100.0 Å². The van der Waals surface area contributed by atoms with Gasteiger partial charge in [-0.1, -0.05) is 31.2 Å². The molecule has 0 spiro atoms. The first-order valence-corrected chi connectivity index (χ1v) is 13.1. The molecule has 0 bridgehead atoms. The van der Waals surface area contributed by atoms with Gasteiger partial charge in [-0.05, 0) is 61.5 Å². The van der Waals surface area contributed by atoms with Crippen LogP contribution in [0.2, 0.25) is 5.02 Å². The lowest BCUT2D eigenvalue weighted by atomic mass is 9.94. The molecule has 1 aromatic heterocycles. The molecule has 2 heterocycles. The van der Waals surface area contributed by atoms with Crippen LogP contribution in [0.25, 0.3) is 11.3 Å². The third kappa shape index (κ3) is 6.21. The molecule has 10 heteroatoms. The van der Waals surface area contributed by atoms with Crippen molar-refractivity contribution in [3.8, 4) is 17.0 Å². The van der Waals surface area contributed by atoms with Gasteiger partial charge in [-0.25, -0.2) is 14.4 Å². The van der Waals surface area contributed by atoms with Crippen LogP contribution in [0.4, 0.5) is 16.0 Å². The normalized spacial score (nSPS) is 11.8. The summed E-state index contributed by atoms with van der Waals surface area (Å²) in [5, 5.41) is 3.70. The van der Waals surface area contributed by atoms with Crippen LogP contribution < -0.4 is 15.8 Å². The Kier molecular flexibility index (Phi) is 9.31. The first kappa shape index (κ1) is 29.6. The lowest BCUT2D eigenvalue weighted by Gasteiger charge is -2.17. The van der Waals surface area contributed by atoms with Crippen LogP contribution in [0.5, 0.6) is 5.75 Å². The summed E-state index contributed by atoms with van der Waals surface area (Å²) < 4.78 is 20.6. The smallest absolute Gasteiger partial charge is 0.253 e. The number of rotatable bonds is 8. The van der Waals surface area contributed by atoms with E-state index in [0.29, 0.717) is 52.3 Å². The minimum absolute atomic E-state index is 0. The fourth-order valence-corrected chi connectivity index (χ4v) is 4.75. The van der Waals surface area contributed by atoms with Gasteiger partial charge in [0.2, 0.25) is 5.95 Å². The van der Waals surface area contributed by atoms with Crippen molar-refractivity contribution in [1.29, 1.82) is 0 Å². The van der Waals surface area contributed by atoms with Crippen LogP contribution in [0.1, 0.15) is 40.9 Å². The molecular formula is C31H32ClFN6O2. The molecule has 3 N–H and O–H groups in total. The Labute approximate surface area is 244 Å². The van der Waals surface area contributed by atoms with Crippen molar-refractivity contribution in [2.45, 2.75) is 20.4 Å². The number of anilines is 2. The molecular weight excluding hydrogens is 543 g/mol. The standard InChI is InChI=1S/C30H28ClFN6O2.CH4/c1-38(14-4-13-33)29(39)18-7-10-21(11-8-18)36-30-35-17-19-16-34-28(26-24(32)5-3-6-25(26)40-2)23-15-20(31)9-12-22(23)27(19)37-30;/h3,5-12,15,17H,4,13-14,16,33H2,1-2H3,(H,35,36,37);1H4. The van der Waals surface area contributed by atoms with E-state index in [0.717, 1.165) is 23.2 Å². The fraction of sp³-hybridized carbons (Fsp3) is 0.226. The maximum absolute atomic E-state index is 15.1. The highest BCUT2D eigenvalue weighted by Crippen LogP contribution is 2.36. The summed E-state index contributed by atoms with van der Waals surface area (Å²) in [6, 6.07) is 17.2. The third-order valence-corrected chi connectivity index (χ3v) is 6.86. The number of nitrogens with zero attached hydrogens (tertiary/aromatic N) is 4. The van der Waals surface area contributed by atoms with E-state index >= 15 is 4.39 Å². The van der Waals surface area contributed by atoms with Crippen LogP contribution >= 0.6 is 11.6 Å². The van der Waals surface area contributed by atoms with Gasteiger partial charge in [-0.2, -0.15) is 0 Å². The van der Waals surface area contributed by atoms with Crippen molar-refractivity contribution in [2.75, 3.05) is 32.6 Å². The largest absolute Gasteiger partial charge is 0.496 e. The van der Waals surface area contributed by atoms with Gasteiger partial charge < -0.3 is 20.7 Å². The van der Waals surface area contributed by atoms with Gasteiger partial charge in [0.25, 0.3) is 5.91 Å². The zero-order chi connectivity index (χ0) is 28.2. The van der Waals surface area contributed by atoms with Gasteiger partial charge in [-0.15, -0.1) is 0 Å². The number of hydrogen-bond acceptors (Lipinski definition) is 7. The second-order valence-electron chi connectivity index (χ2n) is 9.31. The summed E-state index contributed by atoms with van der Waals surface area (Å²) in [5.74, 6) is 0.219. The second-order valence-corrected chi connectivity index (χ2v) is 9.75. The lowest BCUT2D eigenvalue weighted by Crippen LogP contribution is -2.28. The Morgan fingerprint density at radius 2 is 1.93 bits per heavy atom. The molecule has 0 radical (unpaired) electrons. The lowest BCUT2D eigenvalue weighted by molar-refractivity contribution is 0.0794. The fourth-order valence-electron chi connectivity index (χ4n) is 4.58. The van der Waals surface area contributed by atoms with E-state index in [9.17, 15) is 4.79 Å². The van der Waals surface area contributed by atoms with Crippen LogP contribution in [0.3, 0.4) is 0 Å². The number of ether oxygens (including phenoxy) is 1. The minimum Gasteiger partial charge on any atom is -0.496 e. The van der Waals surface area contributed by atoms with Crippen molar-refractivity contribution >= 4 is 34.9 Å². The zero-order valence-electron chi connectivity index (χ0n) is 22.1. The number of amides is 1. The molecule has 1 amide bonds. The van der Waals surface area contributed by atoms with Crippen LogP contribution in [-0.4, -0.2) is 53.7 Å². The summed E-state index contributed by atoms with van der Waals surface area (Å²) in [5.41, 5.74) is 10.4. The Morgan fingerprint density at radius 3 is 2.66 bits per heavy atom. The SMILES string of the molecule is C.COc1cccc(F)c1C1=NCc2cnc(Nc3ccc(C(=O)N(C)CCCN)cc3)nc2-c2ccc(Cl)cc21. The average molecular weight is 575 g/mol. The predicted octanol–water partition coefficient (Wildman–Crippen LogP) is 6.10. The monoisotopic (exact) mass is 574 g/mol. The average Bonchev–Trinajstić information content (AvgIpc) is 3.12. The number of carbonyl (C=O) groups excluding carboxylic acids is 1. The number of nitrogens with one attached hydrogen (secondary N) is 1. The number of fused-ring (bicyclic) bond motifs is 3. The highest BCUT2D eigenvalue weighted by atomic mass is 35.5. The van der Waals surface area contributed by atoms with Crippen molar-refractivity contribution < 1.29 is 13.9 Å². The maximum atomic E-state index is 15.1. The molecule has 1 aliphatic rings. The van der Waals surface area contributed by atoms with Gasteiger partial charge in [0.05, 0.1) is 30.6 Å². The molecule has 0 atom stereocenters. The summed E-state index contributed by atoms with van der Waals surface area (Å²) >= 11 is 6.38. The van der Waals surface area contributed by atoms with Gasteiger partial charge >= 0.3 is 0 Å². The molecule has 3 aromatic carbocycles. The molecule has 4 aromatic rings. The Bertz CT molecular complexity index is 1590. The molecule has 212 valence electrons. The maximum Gasteiger partial charge on any atom is 0.253 e. The molecule has 8 nitrogen and oxygen atoms in total. The van der Waals surface area contributed by atoms with Gasteiger partial charge in [-0.3, -0.25) is 9.79 Å². The molecule has 0 fully saturated rings. The number of aliphatic imine (C=N–C) groups is 1. The van der Waals surface area contributed by atoms with E-state index in [2.05, 4.69) is 10.3 Å². The summed E-state index contributed by atoms with van der Waals surface area (Å²) in [4.78, 5) is 28.3. The third-order valence-electron chi connectivity index (χ3n) is 6.63. The number of carbonyl (C=O) groups is 1. The molecule has 0 unspecified atom stereocenters. The van der Waals surface area contributed by atoms with Gasteiger partial charge in [0.15, 0.2) is 0 Å². The summed E-state index contributed by atoms with van der Waals surface area (Å²) in [7, 11) is 3.26. The number of aromatic nitrogens is 2. The van der Waals surface area contributed by atoms with Crippen LogP contribution in [-0.2, 0) is 6.54 Å². The number of halogens is 2. The number of nitrogens with two attached hydrogens (primary N) is 1. The summed E-state index contributed by atoms with van der Waals surface area (Å²) in [6.07, 6.45) is 2.45. The summed E-state index contributed by atoms with van der Waals surface area (Å²) in [6.45, 7) is 1.37. The van der Waals surface area contributed by atoms with E-state index in [1.807, 2.05) is 6.07 Å². The Balaban J connectivity index is 0.00000387. The van der Waals surface area contributed by atoms with Gasteiger partial charge in [0, 0.05) is 52.8 Å². The Morgan fingerprint density at radius 1 is 1.15 bits per heavy atom. The predicted molar refractivity (Wildman–Crippen MR) is 162 cm³/mol. The quantitative estimate of drug-likeness (QED) is 0.263. The highest BCUT2D eigenvalue weighted by molar-refractivity contribution is 6.31. The van der Waals surface area contributed by atoms with E-state index in [1.165, 1.54) is 13.2 Å². The molecule has 1 aliphatic heterocycles. The van der Waals surface area contributed by atoms with E-state index in [-0.39, 0.29) is 25.4 Å². The number of hydrogen-bond donors (Lipinski definition) is 2. The van der Waals surface area contributed by atoms with E-state index < -0.39 is 5.82 Å². The van der Waals surface area contributed by atoms with Crippen molar-refractivity contribution in [1.82, 2.24) is 14.9 Å². The van der Waals surface area contributed by atoms with Crippen LogP contribution in [0, 0.1) is 5.82 Å². The molecule has 0 saturated carbocycles. The molecule has 0 aliphatic carbocycles. The van der Waals surface area contributed by atoms with Crippen molar-refractivity contribution in [3.63, 3.8) is 0 Å². The Hall–Kier alpha value is -4.34. The van der Waals surface area contributed by atoms with Gasteiger partial charge in [0.1, 0.15) is 11.6 Å². The molecule has 5 rings (SSSR count). The number of methoxy groups -OCH3 is 1. The molecule has 41 heavy (non-hydrogen) atoms. The van der Waals surface area contributed by atoms with Crippen LogP contribution in [0.15, 0.2) is 71.9 Å². The van der Waals surface area contributed by atoms with E-state index in [4.69, 9.17) is 32.0 Å². The highest BCUT2D eigenvalue weighted by Gasteiger charge is 2.25.